The molecule has 2 aliphatic rings. The minimum atomic E-state index is -0.574. The largest absolute Gasteiger partial charge is 0.388 e. The van der Waals surface area contributed by atoms with Crippen LogP contribution >= 0.6 is 0 Å². The van der Waals surface area contributed by atoms with E-state index in [2.05, 4.69) is 52.4 Å². The molecule has 1 saturated heterocycles. The summed E-state index contributed by atoms with van der Waals surface area (Å²) in [5.41, 5.74) is 0.801. The number of hydrogen-bond acceptors (Lipinski definition) is 3. The maximum absolute atomic E-state index is 10.6. The van der Waals surface area contributed by atoms with Crippen molar-refractivity contribution in [3.05, 3.63) is 35.9 Å². The van der Waals surface area contributed by atoms with Crippen LogP contribution in [0.1, 0.15) is 38.2 Å². The van der Waals surface area contributed by atoms with Gasteiger partial charge in [-0.15, -0.1) is 0 Å². The molecule has 0 radical (unpaired) electrons. The Balaban J connectivity index is 1.53. The number of nitrogens with zero attached hydrogens (tertiary/aromatic N) is 3. The van der Waals surface area contributed by atoms with Crippen molar-refractivity contribution < 1.29 is 5.11 Å². The first-order chi connectivity index (χ1) is 12.2. The number of nitrogens with one attached hydrogen (secondary N) is 1. The predicted molar refractivity (Wildman–Crippen MR) is 103 cm³/mol. The van der Waals surface area contributed by atoms with Crippen LogP contribution in [-0.2, 0) is 6.54 Å². The van der Waals surface area contributed by atoms with Crippen molar-refractivity contribution >= 4 is 5.96 Å². The molecule has 0 amide bonds. The maximum atomic E-state index is 10.6. The average molecular weight is 345 g/mol. The summed E-state index contributed by atoms with van der Waals surface area (Å²) in [5, 5.41) is 14.0. The summed E-state index contributed by atoms with van der Waals surface area (Å²) in [6.45, 7) is 8.57. The fraction of sp³-hybridized carbons (Fsp3) is 0.650. The van der Waals surface area contributed by atoms with E-state index in [0.29, 0.717) is 6.54 Å². The summed E-state index contributed by atoms with van der Waals surface area (Å²) in [6.07, 6.45) is 4.03. The molecule has 1 aliphatic carbocycles. The van der Waals surface area contributed by atoms with E-state index < -0.39 is 5.60 Å². The van der Waals surface area contributed by atoms with Crippen LogP contribution in [0, 0.1) is 0 Å². The third-order valence-electron chi connectivity index (χ3n) is 5.31. The van der Waals surface area contributed by atoms with Crippen LogP contribution in [0.4, 0.5) is 0 Å². The van der Waals surface area contributed by atoms with Gasteiger partial charge in [0.1, 0.15) is 0 Å². The van der Waals surface area contributed by atoms with Crippen LogP contribution in [0.3, 0.4) is 0 Å². The lowest BCUT2D eigenvalue weighted by Gasteiger charge is -2.37. The topological polar surface area (TPSA) is 51.1 Å². The molecule has 3 rings (SSSR count). The predicted octanol–water partition coefficient (Wildman–Crippen LogP) is 2.07. The van der Waals surface area contributed by atoms with Gasteiger partial charge in [-0.05, 0) is 25.3 Å². The van der Waals surface area contributed by atoms with Crippen LogP contribution in [0.25, 0.3) is 0 Å². The molecule has 0 atom stereocenters. The number of aliphatic hydroxyl groups is 1. The van der Waals surface area contributed by atoms with Crippen molar-refractivity contribution in [1.82, 2.24) is 15.1 Å². The molecule has 1 saturated carbocycles. The molecule has 2 N–H and O–H groups in total. The molecule has 0 aromatic heterocycles. The highest BCUT2D eigenvalue weighted by atomic mass is 16.3. The quantitative estimate of drug-likeness (QED) is 0.634. The molecule has 138 valence electrons. The normalized spacial score (nSPS) is 21.5. The number of aliphatic imine (C=N–C) groups is 1. The van der Waals surface area contributed by atoms with Crippen LogP contribution in [0.2, 0.25) is 0 Å². The summed E-state index contributed by atoms with van der Waals surface area (Å²) >= 11 is 0. The second kappa shape index (κ2) is 8.68. The Morgan fingerprint density at radius 3 is 2.44 bits per heavy atom. The van der Waals surface area contributed by atoms with Gasteiger partial charge >= 0.3 is 0 Å². The van der Waals surface area contributed by atoms with E-state index in [1.54, 1.807) is 0 Å². The van der Waals surface area contributed by atoms with Gasteiger partial charge in [-0.1, -0.05) is 43.2 Å². The van der Waals surface area contributed by atoms with Crippen LogP contribution < -0.4 is 5.32 Å². The van der Waals surface area contributed by atoms with Gasteiger partial charge in [0.05, 0.1) is 12.1 Å². The van der Waals surface area contributed by atoms with Crippen molar-refractivity contribution in [2.24, 2.45) is 4.99 Å². The molecule has 5 heteroatoms. The third kappa shape index (κ3) is 5.19. The molecule has 1 aromatic rings. The highest BCUT2D eigenvalue weighted by molar-refractivity contribution is 5.80. The Morgan fingerprint density at radius 1 is 1.12 bits per heavy atom. The molecular weight excluding hydrogens is 312 g/mol. The minimum absolute atomic E-state index is 0.527. The Morgan fingerprint density at radius 2 is 1.80 bits per heavy atom. The first kappa shape index (κ1) is 18.2. The minimum Gasteiger partial charge on any atom is -0.388 e. The van der Waals surface area contributed by atoms with Crippen molar-refractivity contribution in [1.29, 1.82) is 0 Å². The SMILES string of the molecule is CCNC(=NCC1(O)CCCC1)N1CCN(Cc2ccccc2)CC1. The third-order valence-corrected chi connectivity index (χ3v) is 5.31. The second-order valence-corrected chi connectivity index (χ2v) is 7.35. The van der Waals surface area contributed by atoms with Gasteiger partial charge in [0.25, 0.3) is 0 Å². The number of guanidine groups is 1. The smallest absolute Gasteiger partial charge is 0.194 e. The van der Waals surface area contributed by atoms with Crippen molar-refractivity contribution in [3.8, 4) is 0 Å². The van der Waals surface area contributed by atoms with Crippen molar-refractivity contribution in [3.63, 3.8) is 0 Å². The molecule has 1 aromatic carbocycles. The van der Waals surface area contributed by atoms with Gasteiger partial charge in [-0.3, -0.25) is 9.89 Å². The van der Waals surface area contributed by atoms with Gasteiger partial charge < -0.3 is 15.3 Å². The standard InChI is InChI=1S/C20H32N4O/c1-2-21-19(22-17-20(25)10-6-7-11-20)24-14-12-23(13-15-24)16-18-8-4-3-5-9-18/h3-5,8-9,25H,2,6-7,10-17H2,1H3,(H,21,22). The molecule has 1 heterocycles. The van der Waals surface area contributed by atoms with Crippen LogP contribution in [0.15, 0.2) is 35.3 Å². The average Bonchev–Trinajstić information content (AvgIpc) is 3.07. The molecule has 5 nitrogen and oxygen atoms in total. The molecular formula is C20H32N4O. The zero-order valence-corrected chi connectivity index (χ0v) is 15.5. The summed E-state index contributed by atoms with van der Waals surface area (Å²) < 4.78 is 0. The Bertz CT molecular complexity index is 546. The van der Waals surface area contributed by atoms with Crippen LogP contribution in [0.5, 0.6) is 0 Å². The Labute approximate surface area is 151 Å². The number of benzene rings is 1. The van der Waals surface area contributed by atoms with Crippen LogP contribution in [-0.4, -0.2) is 65.7 Å². The van der Waals surface area contributed by atoms with Gasteiger partial charge in [0.2, 0.25) is 0 Å². The van der Waals surface area contributed by atoms with Gasteiger partial charge in [-0.25, -0.2) is 0 Å². The summed E-state index contributed by atoms with van der Waals surface area (Å²) in [4.78, 5) is 9.60. The Kier molecular flexibility index (Phi) is 6.32. The molecule has 2 fully saturated rings. The van der Waals surface area contributed by atoms with Crippen molar-refractivity contribution in [2.75, 3.05) is 39.3 Å². The van der Waals surface area contributed by atoms with E-state index in [-0.39, 0.29) is 0 Å². The number of piperazine rings is 1. The van der Waals surface area contributed by atoms with Crippen molar-refractivity contribution in [2.45, 2.75) is 44.8 Å². The highest BCUT2D eigenvalue weighted by Crippen LogP contribution is 2.29. The Hall–Kier alpha value is -1.59. The first-order valence-corrected chi connectivity index (χ1v) is 9.70. The lowest BCUT2D eigenvalue weighted by atomic mass is 10.0. The lowest BCUT2D eigenvalue weighted by Crippen LogP contribution is -2.52. The van der Waals surface area contributed by atoms with Gasteiger partial charge in [0.15, 0.2) is 5.96 Å². The zero-order chi connectivity index (χ0) is 17.5. The van der Waals surface area contributed by atoms with Gasteiger partial charge in [-0.2, -0.15) is 0 Å². The summed E-state index contributed by atoms with van der Waals surface area (Å²) in [6, 6.07) is 10.7. The fourth-order valence-corrected chi connectivity index (χ4v) is 3.80. The van der Waals surface area contributed by atoms with Gasteiger partial charge in [0, 0.05) is 39.3 Å². The molecule has 1 aliphatic heterocycles. The highest BCUT2D eigenvalue weighted by Gasteiger charge is 2.31. The number of rotatable bonds is 5. The molecule has 0 spiro atoms. The lowest BCUT2D eigenvalue weighted by molar-refractivity contribution is 0.0569. The maximum Gasteiger partial charge on any atom is 0.194 e. The van der Waals surface area contributed by atoms with E-state index in [0.717, 1.165) is 70.9 Å². The monoisotopic (exact) mass is 344 g/mol. The van der Waals surface area contributed by atoms with E-state index in [9.17, 15) is 5.11 Å². The zero-order valence-electron chi connectivity index (χ0n) is 15.5. The first-order valence-electron chi connectivity index (χ1n) is 9.70. The molecule has 0 unspecified atom stereocenters. The summed E-state index contributed by atoms with van der Waals surface area (Å²) in [5.74, 6) is 0.960. The summed E-state index contributed by atoms with van der Waals surface area (Å²) in [7, 11) is 0. The molecule has 25 heavy (non-hydrogen) atoms. The molecule has 0 bridgehead atoms. The van der Waals surface area contributed by atoms with E-state index in [1.807, 2.05) is 0 Å². The fourth-order valence-electron chi connectivity index (χ4n) is 3.80. The van der Waals surface area contributed by atoms with E-state index in [1.165, 1.54) is 5.56 Å². The van der Waals surface area contributed by atoms with E-state index >= 15 is 0 Å². The number of hydrogen-bond donors (Lipinski definition) is 2. The van der Waals surface area contributed by atoms with E-state index in [4.69, 9.17) is 4.99 Å². The second-order valence-electron chi connectivity index (χ2n) is 7.35.